The van der Waals surface area contributed by atoms with E-state index >= 15 is 0 Å². The summed E-state index contributed by atoms with van der Waals surface area (Å²) in [6.45, 7) is 0. The van der Waals surface area contributed by atoms with Crippen LogP contribution >= 0.6 is 11.6 Å². The molecule has 1 aromatic heterocycles. The maximum absolute atomic E-state index is 12.4. The fraction of sp³-hybridized carbons (Fsp3) is 0.500. The fourth-order valence-electron chi connectivity index (χ4n) is 4.76. The van der Waals surface area contributed by atoms with E-state index in [0.717, 1.165) is 30.6 Å². The third-order valence-electron chi connectivity index (χ3n) is 6.11. The zero-order chi connectivity index (χ0) is 18.9. The van der Waals surface area contributed by atoms with Crippen LogP contribution in [-0.4, -0.2) is 46.4 Å². The van der Waals surface area contributed by atoms with Gasteiger partial charge in [0.05, 0.1) is 35.0 Å². The normalized spacial score (nSPS) is 33.1. The van der Waals surface area contributed by atoms with Gasteiger partial charge >= 0.3 is 0 Å². The van der Waals surface area contributed by atoms with Crippen LogP contribution in [0.25, 0.3) is 5.69 Å². The average Bonchev–Trinajstić information content (AvgIpc) is 3.17. The third-order valence-corrected chi connectivity index (χ3v) is 8.13. The Balaban J connectivity index is 1.23. The molecule has 1 unspecified atom stereocenters. The Bertz CT molecular complexity index is 1010. The molecule has 3 saturated carbocycles. The highest BCUT2D eigenvalue weighted by Crippen LogP contribution is 2.67. The first-order chi connectivity index (χ1) is 12.8. The zero-order valence-corrected chi connectivity index (χ0v) is 16.1. The van der Waals surface area contributed by atoms with Crippen LogP contribution in [-0.2, 0) is 20.0 Å². The Kier molecular flexibility index (Phi) is 3.53. The molecule has 1 N–H and O–H groups in total. The minimum Gasteiger partial charge on any atom is -0.350 e. The highest BCUT2D eigenvalue weighted by atomic mass is 35.5. The maximum atomic E-state index is 12.4. The molecular formula is C18H19ClN4O3S. The summed E-state index contributed by atoms with van der Waals surface area (Å²) in [5, 5.41) is 12.7. The molecule has 4 fully saturated rings. The topological polar surface area (TPSA) is 93.9 Å². The van der Waals surface area contributed by atoms with Crippen LogP contribution in [0.4, 0.5) is 0 Å². The van der Waals surface area contributed by atoms with Crippen molar-refractivity contribution >= 4 is 27.3 Å². The van der Waals surface area contributed by atoms with Crippen LogP contribution in [0.1, 0.15) is 31.4 Å². The van der Waals surface area contributed by atoms with Crippen molar-refractivity contribution in [3.63, 3.8) is 0 Å². The number of carbonyl (C=O) groups excluding carboxylic acids is 1. The Hall–Kier alpha value is -1.93. The molecule has 4 aliphatic rings. The second-order valence-corrected chi connectivity index (χ2v) is 10.8. The number of amides is 1. The van der Waals surface area contributed by atoms with Gasteiger partial charge in [0, 0.05) is 16.0 Å². The lowest BCUT2D eigenvalue weighted by Gasteiger charge is -2.69. The molecule has 2 bridgehead atoms. The van der Waals surface area contributed by atoms with Crippen LogP contribution in [0.2, 0.25) is 5.02 Å². The lowest BCUT2D eigenvalue weighted by molar-refractivity contribution is -0.141. The van der Waals surface area contributed by atoms with Gasteiger partial charge in [0.15, 0.2) is 9.84 Å². The van der Waals surface area contributed by atoms with Crippen LogP contribution < -0.4 is 5.32 Å². The summed E-state index contributed by atoms with van der Waals surface area (Å²) >= 11 is 5.92. The van der Waals surface area contributed by atoms with E-state index < -0.39 is 15.8 Å². The molecular weight excluding hydrogens is 388 g/mol. The zero-order valence-electron chi connectivity index (χ0n) is 14.6. The van der Waals surface area contributed by atoms with E-state index in [2.05, 4.69) is 15.5 Å². The van der Waals surface area contributed by atoms with Gasteiger partial charge in [0.25, 0.3) is 0 Å². The minimum absolute atomic E-state index is 0.0142. The summed E-state index contributed by atoms with van der Waals surface area (Å²) in [4.78, 5) is 14.0. The molecule has 27 heavy (non-hydrogen) atoms. The molecule has 1 aliphatic heterocycles. The molecule has 3 aliphatic carbocycles. The molecule has 7 nitrogen and oxygen atoms in total. The molecule has 6 rings (SSSR count). The van der Waals surface area contributed by atoms with E-state index in [1.165, 1.54) is 0 Å². The average molecular weight is 407 g/mol. The van der Waals surface area contributed by atoms with Gasteiger partial charge in [-0.25, -0.2) is 8.42 Å². The number of rotatable bonds is 4. The van der Waals surface area contributed by atoms with Crippen molar-refractivity contribution in [3.05, 3.63) is 41.2 Å². The highest BCUT2D eigenvalue weighted by Gasteiger charge is 2.70. The van der Waals surface area contributed by atoms with Gasteiger partial charge in [0.1, 0.15) is 0 Å². The number of aromatic nitrogens is 3. The number of benzene rings is 1. The van der Waals surface area contributed by atoms with E-state index in [9.17, 15) is 13.2 Å². The smallest absolute Gasteiger partial charge is 0.224 e. The maximum Gasteiger partial charge on any atom is 0.224 e. The molecule has 0 spiro atoms. The van der Waals surface area contributed by atoms with Crippen molar-refractivity contribution in [1.29, 1.82) is 0 Å². The molecule has 9 heteroatoms. The summed E-state index contributed by atoms with van der Waals surface area (Å²) in [7, 11) is -3.04. The van der Waals surface area contributed by atoms with E-state index in [0.29, 0.717) is 11.4 Å². The van der Waals surface area contributed by atoms with Crippen LogP contribution in [0.5, 0.6) is 0 Å². The standard InChI is InChI=1S/C18H19ClN4O3S/c19-13-1-3-14(4-2-13)23-20-7-15(22-23)17-9-18(10-17,11-17)21-16(24)12-5-6-27(25,26)8-12/h1-4,7,12H,5-6,8-11H2,(H,21,24). The quantitative estimate of drug-likeness (QED) is 0.833. The second kappa shape index (κ2) is 5.54. The third kappa shape index (κ3) is 2.77. The molecule has 0 radical (unpaired) electrons. The summed E-state index contributed by atoms with van der Waals surface area (Å²) < 4.78 is 23.1. The number of halogens is 1. The van der Waals surface area contributed by atoms with Crippen molar-refractivity contribution in [2.24, 2.45) is 5.92 Å². The summed E-state index contributed by atoms with van der Waals surface area (Å²) in [5.41, 5.74) is 1.59. The Morgan fingerprint density at radius 1 is 1.22 bits per heavy atom. The SMILES string of the molecule is O=C(NC12CC(c3cnn(-c4ccc(Cl)cc4)n3)(C1)C2)C1CCS(=O)(=O)C1. The largest absolute Gasteiger partial charge is 0.350 e. The number of nitrogens with one attached hydrogen (secondary N) is 1. The van der Waals surface area contributed by atoms with Gasteiger partial charge in [-0.3, -0.25) is 4.79 Å². The highest BCUT2D eigenvalue weighted by molar-refractivity contribution is 7.91. The second-order valence-electron chi connectivity index (χ2n) is 8.18. The molecule has 142 valence electrons. The van der Waals surface area contributed by atoms with Gasteiger partial charge in [-0.1, -0.05) is 11.6 Å². The van der Waals surface area contributed by atoms with Crippen LogP contribution in [0, 0.1) is 5.92 Å². The van der Waals surface area contributed by atoms with Crippen LogP contribution in [0.15, 0.2) is 30.5 Å². The van der Waals surface area contributed by atoms with Crippen molar-refractivity contribution in [2.75, 3.05) is 11.5 Å². The Labute approximate surface area is 162 Å². The molecule has 2 aromatic rings. The van der Waals surface area contributed by atoms with Crippen molar-refractivity contribution in [3.8, 4) is 5.69 Å². The first-order valence-corrected chi connectivity index (χ1v) is 11.2. The number of hydrogen-bond acceptors (Lipinski definition) is 5. The summed E-state index contributed by atoms with van der Waals surface area (Å²) in [5.74, 6) is -0.411. The molecule has 1 aromatic carbocycles. The first kappa shape index (κ1) is 17.2. The lowest BCUT2D eigenvalue weighted by Crippen LogP contribution is -2.77. The van der Waals surface area contributed by atoms with Gasteiger partial charge in [0.2, 0.25) is 5.91 Å². The van der Waals surface area contributed by atoms with E-state index in [1.807, 2.05) is 12.1 Å². The van der Waals surface area contributed by atoms with E-state index in [1.54, 1.807) is 23.1 Å². The van der Waals surface area contributed by atoms with Gasteiger partial charge in [-0.15, -0.1) is 0 Å². The van der Waals surface area contributed by atoms with Gasteiger partial charge < -0.3 is 5.32 Å². The monoisotopic (exact) mass is 406 g/mol. The van der Waals surface area contributed by atoms with Crippen molar-refractivity contribution < 1.29 is 13.2 Å². The van der Waals surface area contributed by atoms with E-state index in [-0.39, 0.29) is 28.4 Å². The predicted molar refractivity (Wildman–Crippen MR) is 99.5 cm³/mol. The molecule has 2 heterocycles. The number of hydrogen-bond donors (Lipinski definition) is 1. The van der Waals surface area contributed by atoms with Gasteiger partial charge in [-0.2, -0.15) is 15.0 Å². The Morgan fingerprint density at radius 2 is 1.93 bits per heavy atom. The summed E-state index contributed by atoms with van der Waals surface area (Å²) in [6.07, 6.45) is 4.74. The fourth-order valence-corrected chi connectivity index (χ4v) is 6.63. The molecule has 1 atom stereocenters. The molecule has 1 saturated heterocycles. The minimum atomic E-state index is -3.04. The first-order valence-electron chi connectivity index (χ1n) is 9.00. The van der Waals surface area contributed by atoms with E-state index in [4.69, 9.17) is 11.6 Å². The molecule has 1 amide bonds. The van der Waals surface area contributed by atoms with Crippen LogP contribution in [0.3, 0.4) is 0 Å². The summed E-state index contributed by atoms with van der Waals surface area (Å²) in [6, 6.07) is 7.33. The Morgan fingerprint density at radius 3 is 2.56 bits per heavy atom. The predicted octanol–water partition coefficient (Wildman–Crippen LogP) is 1.65. The van der Waals surface area contributed by atoms with Crippen molar-refractivity contribution in [1.82, 2.24) is 20.3 Å². The number of sulfone groups is 1. The van der Waals surface area contributed by atoms with Crippen molar-refractivity contribution in [2.45, 2.75) is 36.6 Å². The van der Waals surface area contributed by atoms with Gasteiger partial charge in [-0.05, 0) is 49.9 Å². The number of nitrogens with zero attached hydrogens (tertiary/aromatic N) is 3. The number of carbonyl (C=O) groups is 1. The lowest BCUT2D eigenvalue weighted by atomic mass is 9.38.